The molecule has 4 aromatic rings. The van der Waals surface area contributed by atoms with Gasteiger partial charge in [0.15, 0.2) is 0 Å². The van der Waals surface area contributed by atoms with Crippen molar-refractivity contribution in [1.82, 2.24) is 4.98 Å². The monoisotopic (exact) mass is 441 g/mol. The van der Waals surface area contributed by atoms with E-state index in [1.165, 1.54) is 7.11 Å². The highest BCUT2D eigenvalue weighted by molar-refractivity contribution is 7.18. The van der Waals surface area contributed by atoms with E-state index in [4.69, 9.17) is 9.72 Å². The van der Waals surface area contributed by atoms with Gasteiger partial charge in [-0.25, -0.2) is 9.78 Å². The van der Waals surface area contributed by atoms with Gasteiger partial charge in [0.1, 0.15) is 15.9 Å². The molecule has 0 aliphatic heterocycles. The lowest BCUT2D eigenvalue weighted by atomic mass is 10.0. The zero-order chi connectivity index (χ0) is 22.8. The average molecular weight is 442 g/mol. The number of methoxy groups -OCH3 is 1. The lowest BCUT2D eigenvalue weighted by Gasteiger charge is -2.10. The maximum Gasteiger partial charge on any atom is 0.348 e. The first-order valence-electron chi connectivity index (χ1n) is 9.83. The summed E-state index contributed by atoms with van der Waals surface area (Å²) in [6.07, 6.45) is 0. The number of benzene rings is 2. The second-order valence-corrected chi connectivity index (χ2v) is 8.28. The third-order valence-electron chi connectivity index (χ3n) is 5.16. The number of carbonyl (C=O) groups excluding carboxylic acids is 2. The van der Waals surface area contributed by atoms with Crippen molar-refractivity contribution in [2.75, 3.05) is 12.4 Å². The first-order valence-corrected chi connectivity index (χ1v) is 10.6. The van der Waals surface area contributed by atoms with Crippen molar-refractivity contribution >= 4 is 39.1 Å². The number of para-hydroxylation sites is 1. The van der Waals surface area contributed by atoms with Gasteiger partial charge < -0.3 is 10.1 Å². The number of amides is 1. The van der Waals surface area contributed by atoms with Crippen LogP contribution in [0, 0.1) is 25.2 Å². The number of rotatable bonds is 4. The zero-order valence-corrected chi connectivity index (χ0v) is 18.5. The van der Waals surface area contributed by atoms with Crippen molar-refractivity contribution in [1.29, 1.82) is 5.26 Å². The summed E-state index contributed by atoms with van der Waals surface area (Å²) in [5.41, 5.74) is 4.56. The van der Waals surface area contributed by atoms with Gasteiger partial charge >= 0.3 is 5.97 Å². The Hall–Kier alpha value is -4.02. The molecule has 0 fully saturated rings. The number of esters is 1. The van der Waals surface area contributed by atoms with Crippen LogP contribution in [0.5, 0.6) is 0 Å². The number of pyridine rings is 1. The minimum atomic E-state index is -0.541. The number of nitrogens with one attached hydrogen (secondary N) is 1. The molecule has 4 rings (SSSR count). The van der Waals surface area contributed by atoms with Gasteiger partial charge in [0.2, 0.25) is 0 Å². The Balaban J connectivity index is 1.80. The van der Waals surface area contributed by atoms with Gasteiger partial charge in [0.05, 0.1) is 29.4 Å². The van der Waals surface area contributed by atoms with Crippen LogP contribution in [-0.2, 0) is 4.74 Å². The predicted molar refractivity (Wildman–Crippen MR) is 125 cm³/mol. The lowest BCUT2D eigenvalue weighted by molar-refractivity contribution is 0.0605. The average Bonchev–Trinajstić information content (AvgIpc) is 3.12. The van der Waals surface area contributed by atoms with E-state index in [-0.39, 0.29) is 11.5 Å². The van der Waals surface area contributed by atoms with Crippen molar-refractivity contribution in [2.24, 2.45) is 0 Å². The second kappa shape index (κ2) is 8.61. The number of aromatic nitrogens is 1. The van der Waals surface area contributed by atoms with Gasteiger partial charge in [-0.3, -0.25) is 4.79 Å². The van der Waals surface area contributed by atoms with Crippen LogP contribution in [0.15, 0.2) is 54.6 Å². The highest BCUT2D eigenvalue weighted by Gasteiger charge is 2.23. The van der Waals surface area contributed by atoms with Crippen molar-refractivity contribution in [3.05, 3.63) is 81.7 Å². The maximum absolute atomic E-state index is 13.3. The van der Waals surface area contributed by atoms with E-state index in [1.54, 1.807) is 13.0 Å². The van der Waals surface area contributed by atoms with Crippen molar-refractivity contribution in [3.63, 3.8) is 0 Å². The quantitative estimate of drug-likeness (QED) is 0.423. The normalized spacial score (nSPS) is 10.6. The van der Waals surface area contributed by atoms with Crippen LogP contribution in [0.1, 0.15) is 36.7 Å². The summed E-state index contributed by atoms with van der Waals surface area (Å²) in [6, 6.07) is 19.1. The Morgan fingerprint density at radius 1 is 1.09 bits per heavy atom. The molecule has 0 aliphatic rings. The van der Waals surface area contributed by atoms with Gasteiger partial charge in [0, 0.05) is 10.9 Å². The standard InChI is InChI=1S/C25H19N3O3S/c1-14-8-10-16(11-9-14)21-12-18(17-6-4-5-7-20(17)27-21)23(29)28-24-19(13-26)15(2)22(32-24)25(30)31-3/h4-12H,1-3H3,(H,28,29). The molecule has 1 N–H and O–H groups in total. The van der Waals surface area contributed by atoms with E-state index in [0.717, 1.165) is 22.5 Å². The number of ether oxygens (including phenoxy) is 1. The fraction of sp³-hybridized carbons (Fsp3) is 0.120. The number of anilines is 1. The largest absolute Gasteiger partial charge is 0.465 e. The Labute approximate surface area is 189 Å². The van der Waals surface area contributed by atoms with Crippen LogP contribution in [0.25, 0.3) is 22.2 Å². The van der Waals surface area contributed by atoms with E-state index in [2.05, 4.69) is 11.4 Å². The van der Waals surface area contributed by atoms with E-state index < -0.39 is 5.97 Å². The van der Waals surface area contributed by atoms with Gasteiger partial charge in [-0.1, -0.05) is 48.0 Å². The molecule has 2 heterocycles. The van der Waals surface area contributed by atoms with E-state index in [0.29, 0.717) is 37.6 Å². The predicted octanol–water partition coefficient (Wildman–Crippen LogP) is 5.49. The molecule has 0 saturated carbocycles. The SMILES string of the molecule is COC(=O)c1sc(NC(=O)c2cc(-c3ccc(C)cc3)nc3ccccc23)c(C#N)c1C. The van der Waals surface area contributed by atoms with Crippen LogP contribution in [0.3, 0.4) is 0 Å². The molecule has 0 aliphatic carbocycles. The van der Waals surface area contributed by atoms with E-state index >= 15 is 0 Å². The Bertz CT molecular complexity index is 1400. The number of hydrogen-bond acceptors (Lipinski definition) is 6. The molecule has 6 nitrogen and oxygen atoms in total. The molecule has 0 spiro atoms. The molecule has 0 atom stereocenters. The Kier molecular flexibility index (Phi) is 5.71. The van der Waals surface area contributed by atoms with Gasteiger partial charge in [0.25, 0.3) is 5.91 Å². The summed E-state index contributed by atoms with van der Waals surface area (Å²) in [5.74, 6) is -0.924. The first kappa shape index (κ1) is 21.2. The van der Waals surface area contributed by atoms with E-state index in [9.17, 15) is 14.9 Å². The molecule has 0 bridgehead atoms. The van der Waals surface area contributed by atoms with Crippen LogP contribution >= 0.6 is 11.3 Å². The summed E-state index contributed by atoms with van der Waals surface area (Å²) in [7, 11) is 1.28. The number of thiophene rings is 1. The van der Waals surface area contributed by atoms with Crippen molar-refractivity contribution in [3.8, 4) is 17.3 Å². The number of nitriles is 1. The number of carbonyl (C=O) groups is 2. The minimum Gasteiger partial charge on any atom is -0.465 e. The number of nitrogens with zero attached hydrogens (tertiary/aromatic N) is 2. The van der Waals surface area contributed by atoms with Crippen LogP contribution in [0.2, 0.25) is 0 Å². The van der Waals surface area contributed by atoms with Crippen molar-refractivity contribution < 1.29 is 14.3 Å². The van der Waals surface area contributed by atoms with Crippen molar-refractivity contribution in [2.45, 2.75) is 13.8 Å². The fourth-order valence-corrected chi connectivity index (χ4v) is 4.50. The molecular weight excluding hydrogens is 422 g/mol. The maximum atomic E-state index is 13.3. The molecule has 0 unspecified atom stereocenters. The van der Waals surface area contributed by atoms with Crippen LogP contribution in [0.4, 0.5) is 5.00 Å². The summed E-state index contributed by atoms with van der Waals surface area (Å²) in [5, 5.41) is 13.4. The number of aryl methyl sites for hydroxylation is 1. The minimum absolute atomic E-state index is 0.251. The van der Waals surface area contributed by atoms with Gasteiger partial charge in [-0.15, -0.1) is 11.3 Å². The zero-order valence-electron chi connectivity index (χ0n) is 17.7. The molecular formula is C25H19N3O3S. The van der Waals surface area contributed by atoms with Crippen LogP contribution in [-0.4, -0.2) is 24.0 Å². The summed E-state index contributed by atoms with van der Waals surface area (Å²) in [4.78, 5) is 30.4. The Morgan fingerprint density at radius 2 is 1.81 bits per heavy atom. The van der Waals surface area contributed by atoms with Gasteiger partial charge in [-0.2, -0.15) is 5.26 Å². The van der Waals surface area contributed by atoms with Gasteiger partial charge in [-0.05, 0) is 31.5 Å². The topological polar surface area (TPSA) is 92.1 Å². The first-order chi connectivity index (χ1) is 15.4. The van der Waals surface area contributed by atoms with E-state index in [1.807, 2.05) is 55.5 Å². The summed E-state index contributed by atoms with van der Waals surface area (Å²) in [6.45, 7) is 3.67. The number of fused-ring (bicyclic) bond motifs is 1. The molecule has 0 saturated heterocycles. The fourth-order valence-electron chi connectivity index (χ4n) is 3.43. The van der Waals surface area contributed by atoms with Crippen LogP contribution < -0.4 is 5.32 Å². The third-order valence-corrected chi connectivity index (χ3v) is 6.35. The second-order valence-electron chi connectivity index (χ2n) is 7.26. The lowest BCUT2D eigenvalue weighted by Crippen LogP contribution is -2.13. The smallest absolute Gasteiger partial charge is 0.348 e. The molecule has 7 heteroatoms. The number of hydrogen-bond donors (Lipinski definition) is 1. The Morgan fingerprint density at radius 3 is 2.50 bits per heavy atom. The molecule has 158 valence electrons. The third kappa shape index (κ3) is 3.84. The molecule has 32 heavy (non-hydrogen) atoms. The molecule has 2 aromatic heterocycles. The molecule has 2 aromatic carbocycles. The highest BCUT2D eigenvalue weighted by Crippen LogP contribution is 2.34. The summed E-state index contributed by atoms with van der Waals surface area (Å²) < 4.78 is 4.79. The molecule has 0 radical (unpaired) electrons. The summed E-state index contributed by atoms with van der Waals surface area (Å²) >= 11 is 1.03. The molecule has 1 amide bonds. The highest BCUT2D eigenvalue weighted by atomic mass is 32.1.